The highest BCUT2D eigenvalue weighted by Crippen LogP contribution is 2.39. The van der Waals surface area contributed by atoms with E-state index in [1.807, 2.05) is 16.7 Å². The van der Waals surface area contributed by atoms with Crippen molar-refractivity contribution in [2.75, 3.05) is 7.11 Å². The Morgan fingerprint density at radius 3 is 3.04 bits per heavy atom. The molecule has 3 heterocycles. The van der Waals surface area contributed by atoms with Crippen molar-refractivity contribution in [1.82, 2.24) is 19.7 Å². The van der Waals surface area contributed by atoms with Gasteiger partial charge < -0.3 is 14.3 Å². The highest BCUT2D eigenvalue weighted by molar-refractivity contribution is 6.35. The Morgan fingerprint density at radius 2 is 2.21 bits per heavy atom. The highest BCUT2D eigenvalue weighted by atomic mass is 35.5. The Hall–Kier alpha value is -3.06. The summed E-state index contributed by atoms with van der Waals surface area (Å²) >= 11 is 6.39. The molecule has 28 heavy (non-hydrogen) atoms. The fourth-order valence-corrected chi connectivity index (χ4v) is 4.44. The van der Waals surface area contributed by atoms with Crippen LogP contribution in [-0.4, -0.2) is 32.8 Å². The van der Waals surface area contributed by atoms with Gasteiger partial charge in [-0.3, -0.25) is 4.79 Å². The van der Waals surface area contributed by atoms with Gasteiger partial charge in [0.15, 0.2) is 0 Å². The molecule has 0 bridgehead atoms. The lowest BCUT2D eigenvalue weighted by molar-refractivity contribution is 0.0600. The number of aryl methyl sites for hydroxylation is 1. The van der Waals surface area contributed by atoms with Crippen LogP contribution in [0.1, 0.15) is 40.5 Å². The van der Waals surface area contributed by atoms with E-state index < -0.39 is 5.97 Å². The number of carbonyl (C=O) groups excluding carboxylic acids is 1. The number of carbonyl (C=O) groups is 1. The first-order valence-electron chi connectivity index (χ1n) is 9.05. The summed E-state index contributed by atoms with van der Waals surface area (Å²) in [6.45, 7) is 0. The van der Waals surface area contributed by atoms with Crippen LogP contribution in [0, 0.1) is 0 Å². The van der Waals surface area contributed by atoms with Gasteiger partial charge in [-0.25, -0.2) is 9.89 Å². The number of fused-ring (bicyclic) bond motifs is 4. The monoisotopic (exact) mass is 396 g/mol. The zero-order chi connectivity index (χ0) is 19.4. The molecule has 142 valence electrons. The standard InChI is InChI=1S/C20H17ClN4O3/c1-28-20(27)13-9-25(8-12-16(13)23-24-19(12)26)15-7-3-5-11-10-4-2-6-14(21)17(10)22-18(11)15/h2,4,6,8-9,15,22H,3,5,7H2,1H3,(H,24,26)/t15-/m1/s1. The van der Waals surface area contributed by atoms with Gasteiger partial charge in [0.05, 0.1) is 29.3 Å². The summed E-state index contributed by atoms with van der Waals surface area (Å²) in [7, 11) is 1.31. The average molecular weight is 397 g/mol. The smallest absolute Gasteiger partial charge is 0.341 e. The van der Waals surface area contributed by atoms with E-state index >= 15 is 0 Å². The summed E-state index contributed by atoms with van der Waals surface area (Å²) in [4.78, 5) is 28.0. The first kappa shape index (κ1) is 17.1. The van der Waals surface area contributed by atoms with Gasteiger partial charge in [-0.05, 0) is 30.9 Å². The molecule has 1 aliphatic carbocycles. The molecule has 0 amide bonds. The number of esters is 1. The molecule has 8 heteroatoms. The van der Waals surface area contributed by atoms with Crippen molar-refractivity contribution in [3.8, 4) is 11.3 Å². The molecular formula is C20H17ClN4O3. The quantitative estimate of drug-likeness (QED) is 0.507. The minimum Gasteiger partial charge on any atom is -0.465 e. The van der Waals surface area contributed by atoms with Gasteiger partial charge in [0.25, 0.3) is 5.56 Å². The maximum absolute atomic E-state index is 12.3. The molecule has 5 rings (SSSR count). The molecular weight excluding hydrogens is 380 g/mol. The zero-order valence-electron chi connectivity index (χ0n) is 15.1. The number of nitrogens with zero attached hydrogens (tertiary/aromatic N) is 2. The van der Waals surface area contributed by atoms with Crippen LogP contribution in [0.5, 0.6) is 0 Å². The summed E-state index contributed by atoms with van der Waals surface area (Å²) in [5.74, 6) is -0.526. The Bertz CT molecular complexity index is 1250. The summed E-state index contributed by atoms with van der Waals surface area (Å²) in [6, 6.07) is 5.84. The number of aromatic nitrogens is 4. The van der Waals surface area contributed by atoms with E-state index in [0.29, 0.717) is 16.3 Å². The fourth-order valence-electron chi connectivity index (χ4n) is 4.22. The largest absolute Gasteiger partial charge is 0.465 e. The fraction of sp³-hybridized carbons (Fsp3) is 0.250. The number of H-pyrrole nitrogens is 2. The number of ether oxygens (including phenoxy) is 1. The lowest BCUT2D eigenvalue weighted by atomic mass is 9.91. The van der Waals surface area contributed by atoms with E-state index in [2.05, 4.69) is 21.2 Å². The van der Waals surface area contributed by atoms with Crippen molar-refractivity contribution in [2.45, 2.75) is 25.3 Å². The molecule has 0 fully saturated rings. The maximum Gasteiger partial charge on any atom is 0.341 e. The molecule has 1 aromatic carbocycles. The third-order valence-corrected chi connectivity index (χ3v) is 5.82. The molecule has 0 saturated heterocycles. The Balaban J connectivity index is 1.74. The van der Waals surface area contributed by atoms with E-state index in [1.54, 1.807) is 12.4 Å². The third-order valence-electron chi connectivity index (χ3n) is 5.51. The predicted molar refractivity (Wildman–Crippen MR) is 105 cm³/mol. The minimum absolute atomic E-state index is 0.0469. The third kappa shape index (κ3) is 2.39. The van der Waals surface area contributed by atoms with E-state index in [0.717, 1.165) is 35.9 Å². The molecule has 7 nitrogen and oxygen atoms in total. The molecule has 0 spiro atoms. The van der Waals surface area contributed by atoms with Crippen molar-refractivity contribution < 1.29 is 9.53 Å². The van der Waals surface area contributed by atoms with Crippen LogP contribution in [0.15, 0.2) is 35.4 Å². The van der Waals surface area contributed by atoms with Crippen LogP contribution in [0.4, 0.5) is 0 Å². The molecule has 2 N–H and O–H groups in total. The first-order valence-corrected chi connectivity index (χ1v) is 9.43. The zero-order valence-corrected chi connectivity index (χ0v) is 15.8. The van der Waals surface area contributed by atoms with Crippen LogP contribution in [-0.2, 0) is 11.2 Å². The number of aromatic amines is 2. The average Bonchev–Trinajstić information content (AvgIpc) is 3.28. The lowest BCUT2D eigenvalue weighted by Crippen LogP contribution is -2.20. The summed E-state index contributed by atoms with van der Waals surface area (Å²) < 4.78 is 6.81. The van der Waals surface area contributed by atoms with Gasteiger partial charge in [-0.1, -0.05) is 23.7 Å². The van der Waals surface area contributed by atoms with Gasteiger partial charge in [0.2, 0.25) is 0 Å². The predicted octanol–water partition coefficient (Wildman–Crippen LogP) is 3.52. The number of pyridine rings is 1. The molecule has 0 unspecified atom stereocenters. The van der Waals surface area contributed by atoms with E-state index in [-0.39, 0.29) is 17.2 Å². The van der Waals surface area contributed by atoms with Crippen LogP contribution in [0.25, 0.3) is 22.2 Å². The van der Waals surface area contributed by atoms with E-state index in [1.165, 1.54) is 12.7 Å². The molecule has 0 radical (unpaired) electrons. The Morgan fingerprint density at radius 1 is 1.36 bits per heavy atom. The van der Waals surface area contributed by atoms with Crippen LogP contribution in [0.2, 0.25) is 5.02 Å². The first-order chi connectivity index (χ1) is 13.6. The Kier molecular flexibility index (Phi) is 3.80. The van der Waals surface area contributed by atoms with Gasteiger partial charge in [0, 0.05) is 23.5 Å². The number of rotatable bonds is 2. The summed E-state index contributed by atoms with van der Waals surface area (Å²) in [6.07, 6.45) is 6.28. The number of hydrogen-bond donors (Lipinski definition) is 2. The second-order valence-corrected chi connectivity index (χ2v) is 7.42. The van der Waals surface area contributed by atoms with Crippen molar-refractivity contribution in [2.24, 2.45) is 0 Å². The molecule has 2 aromatic rings. The minimum atomic E-state index is -0.526. The SMILES string of the molecule is COC(=O)c1cn([C@@H]2CCCc3c2[nH]c2c(Cl)cccc32)cc2c(=O)[nH]nc1-2. The molecule has 1 aromatic heterocycles. The topological polar surface area (TPSA) is 92.8 Å². The van der Waals surface area contributed by atoms with Gasteiger partial charge in [-0.2, -0.15) is 5.10 Å². The van der Waals surface area contributed by atoms with E-state index in [4.69, 9.17) is 16.3 Å². The molecule has 1 atom stereocenters. The van der Waals surface area contributed by atoms with Crippen molar-refractivity contribution >= 4 is 28.5 Å². The molecule has 2 aliphatic heterocycles. The molecule has 0 saturated carbocycles. The number of methoxy groups -OCH3 is 1. The highest BCUT2D eigenvalue weighted by Gasteiger charge is 2.29. The van der Waals surface area contributed by atoms with Crippen molar-refractivity contribution in [1.29, 1.82) is 0 Å². The van der Waals surface area contributed by atoms with Gasteiger partial charge in [0.1, 0.15) is 11.3 Å². The second kappa shape index (κ2) is 6.24. The number of halogens is 1. The van der Waals surface area contributed by atoms with Crippen molar-refractivity contribution in [3.05, 3.63) is 62.8 Å². The maximum atomic E-state index is 12.3. The number of nitrogens with one attached hydrogen (secondary N) is 2. The lowest BCUT2D eigenvalue weighted by Gasteiger charge is -2.26. The Labute approximate surface area is 164 Å². The number of hydrogen-bond acceptors (Lipinski definition) is 4. The van der Waals surface area contributed by atoms with Crippen LogP contribution >= 0.6 is 11.6 Å². The van der Waals surface area contributed by atoms with Crippen molar-refractivity contribution in [3.63, 3.8) is 0 Å². The van der Waals surface area contributed by atoms with Gasteiger partial charge in [-0.15, -0.1) is 0 Å². The van der Waals surface area contributed by atoms with Crippen LogP contribution in [0.3, 0.4) is 0 Å². The summed E-state index contributed by atoms with van der Waals surface area (Å²) in [5.41, 5.74) is 3.84. The second-order valence-electron chi connectivity index (χ2n) is 7.01. The van der Waals surface area contributed by atoms with E-state index in [9.17, 15) is 9.59 Å². The normalized spacial score (nSPS) is 16.4. The van der Waals surface area contributed by atoms with Gasteiger partial charge >= 0.3 is 5.97 Å². The number of benzene rings is 1. The summed E-state index contributed by atoms with van der Waals surface area (Å²) in [5, 5.41) is 8.21. The number of para-hydroxylation sites is 1. The molecule has 3 aliphatic rings. The van der Waals surface area contributed by atoms with Crippen LogP contribution < -0.4 is 5.56 Å².